The Morgan fingerprint density at radius 1 is 1.58 bits per heavy atom. The Morgan fingerprint density at radius 3 is 2.84 bits per heavy atom. The summed E-state index contributed by atoms with van der Waals surface area (Å²) in [6.45, 7) is 2.66. The maximum absolute atomic E-state index is 11.0. The lowest BCUT2D eigenvalue weighted by Crippen LogP contribution is -2.13. The molecule has 6 nitrogen and oxygen atoms in total. The van der Waals surface area contributed by atoms with E-state index in [4.69, 9.17) is 9.84 Å². The van der Waals surface area contributed by atoms with Crippen LogP contribution in [0, 0.1) is 10.1 Å². The summed E-state index contributed by atoms with van der Waals surface area (Å²) in [7, 11) is 0. The van der Waals surface area contributed by atoms with Crippen LogP contribution < -0.4 is 0 Å². The Bertz CT molecular complexity index is 519. The van der Waals surface area contributed by atoms with Crippen molar-refractivity contribution in [3.8, 4) is 0 Å². The number of nitro benzene ring substituents is 1. The van der Waals surface area contributed by atoms with Gasteiger partial charge in [0.05, 0.1) is 11.0 Å². The molecular formula is C12H13NO5S. The highest BCUT2D eigenvalue weighted by atomic mass is 32.2. The van der Waals surface area contributed by atoms with Gasteiger partial charge in [-0.25, -0.2) is 4.79 Å². The molecule has 1 N–H and O–H groups in total. The Hall–Kier alpha value is -1.60. The van der Waals surface area contributed by atoms with Crippen LogP contribution in [0.3, 0.4) is 0 Å². The van der Waals surface area contributed by atoms with Gasteiger partial charge in [-0.1, -0.05) is 0 Å². The molecule has 0 amide bonds. The van der Waals surface area contributed by atoms with Gasteiger partial charge in [-0.05, 0) is 25.5 Å². The Balaban J connectivity index is 2.25. The number of carboxylic acids is 1. The lowest BCUT2D eigenvalue weighted by atomic mass is 10.2. The molecule has 1 saturated heterocycles. The van der Waals surface area contributed by atoms with Gasteiger partial charge in [-0.15, -0.1) is 11.8 Å². The van der Waals surface area contributed by atoms with Crippen molar-refractivity contribution in [1.29, 1.82) is 0 Å². The van der Waals surface area contributed by atoms with Crippen molar-refractivity contribution in [2.24, 2.45) is 0 Å². The lowest BCUT2D eigenvalue weighted by Gasteiger charge is -2.13. The van der Waals surface area contributed by atoms with Crippen molar-refractivity contribution in [3.63, 3.8) is 0 Å². The van der Waals surface area contributed by atoms with Gasteiger partial charge in [-0.3, -0.25) is 10.1 Å². The zero-order valence-corrected chi connectivity index (χ0v) is 11.1. The molecule has 1 fully saturated rings. The number of ether oxygens (including phenoxy) is 1. The van der Waals surface area contributed by atoms with E-state index in [1.54, 1.807) is 6.07 Å². The van der Waals surface area contributed by atoms with E-state index >= 15 is 0 Å². The zero-order valence-electron chi connectivity index (χ0n) is 10.2. The van der Waals surface area contributed by atoms with E-state index < -0.39 is 10.9 Å². The molecule has 1 aromatic carbocycles. The zero-order chi connectivity index (χ0) is 14.0. The minimum atomic E-state index is -1.29. The van der Waals surface area contributed by atoms with E-state index in [0.29, 0.717) is 11.5 Å². The molecule has 2 atom stereocenters. The summed E-state index contributed by atoms with van der Waals surface area (Å²) in [6.07, 6.45) is 0.999. The molecule has 0 bridgehead atoms. The third-order valence-corrected chi connectivity index (χ3v) is 4.44. The first-order valence-electron chi connectivity index (χ1n) is 5.79. The summed E-state index contributed by atoms with van der Waals surface area (Å²) in [5.74, 6) is -1.29. The molecule has 0 aliphatic carbocycles. The van der Waals surface area contributed by atoms with Gasteiger partial charge in [0.25, 0.3) is 5.69 Å². The van der Waals surface area contributed by atoms with E-state index in [2.05, 4.69) is 0 Å². The number of carbonyl (C=O) groups is 1. The molecule has 1 aliphatic rings. The fraction of sp³-hybridized carbons (Fsp3) is 0.417. The van der Waals surface area contributed by atoms with Crippen LogP contribution >= 0.6 is 11.8 Å². The first kappa shape index (κ1) is 13.8. The van der Waals surface area contributed by atoms with Gasteiger partial charge in [0, 0.05) is 22.8 Å². The van der Waals surface area contributed by atoms with Crippen LogP contribution in [0.25, 0.3) is 0 Å². The minimum Gasteiger partial charge on any atom is -0.477 e. The quantitative estimate of drug-likeness (QED) is 0.674. The summed E-state index contributed by atoms with van der Waals surface area (Å²) < 4.78 is 5.43. The predicted molar refractivity (Wildman–Crippen MR) is 69.7 cm³/mol. The number of carboxylic acid groups (broad SMARTS) is 1. The average molecular weight is 283 g/mol. The molecule has 0 radical (unpaired) electrons. The van der Waals surface area contributed by atoms with Gasteiger partial charge < -0.3 is 9.84 Å². The second kappa shape index (κ2) is 5.58. The number of hydrogen-bond acceptors (Lipinski definition) is 5. The Morgan fingerprint density at radius 2 is 2.32 bits per heavy atom. The lowest BCUT2D eigenvalue weighted by molar-refractivity contribution is -0.385. The van der Waals surface area contributed by atoms with Gasteiger partial charge >= 0.3 is 5.97 Å². The number of thioether (sulfide) groups is 1. The molecule has 7 heteroatoms. The normalized spacial score (nSPS) is 22.4. The standard InChI is InChI=1S/C12H13NO5S/c1-7-11(4-5-18-7)19-8-2-3-10(13(16)17)9(6-8)12(14)15/h2-3,6-7,11H,4-5H2,1H3,(H,14,15). The fourth-order valence-corrected chi connectivity index (χ4v) is 3.13. The minimum absolute atomic E-state index is 0.105. The number of nitrogens with zero attached hydrogens (tertiary/aromatic N) is 1. The second-order valence-corrected chi connectivity index (χ2v) is 5.57. The number of hydrogen-bond donors (Lipinski definition) is 1. The predicted octanol–water partition coefficient (Wildman–Crippen LogP) is 2.56. The van der Waals surface area contributed by atoms with Crippen LogP contribution in [0.15, 0.2) is 23.1 Å². The number of rotatable bonds is 4. The van der Waals surface area contributed by atoms with Crippen molar-refractivity contribution in [1.82, 2.24) is 0 Å². The van der Waals surface area contributed by atoms with Crippen molar-refractivity contribution in [2.45, 2.75) is 29.6 Å². The van der Waals surface area contributed by atoms with Crippen molar-refractivity contribution < 1.29 is 19.6 Å². The Labute approximate surface area is 113 Å². The second-order valence-electron chi connectivity index (χ2n) is 4.26. The fourth-order valence-electron chi connectivity index (χ4n) is 1.96. The van der Waals surface area contributed by atoms with Crippen LogP contribution in [0.2, 0.25) is 0 Å². The topological polar surface area (TPSA) is 89.7 Å². The summed E-state index contributed by atoms with van der Waals surface area (Å²) >= 11 is 1.50. The largest absolute Gasteiger partial charge is 0.477 e. The van der Waals surface area contributed by atoms with Gasteiger partial charge in [0.1, 0.15) is 5.56 Å². The number of benzene rings is 1. The molecule has 102 valence electrons. The molecule has 19 heavy (non-hydrogen) atoms. The molecule has 0 aromatic heterocycles. The molecule has 0 saturated carbocycles. The van der Waals surface area contributed by atoms with E-state index in [9.17, 15) is 14.9 Å². The van der Waals surface area contributed by atoms with E-state index in [1.165, 1.54) is 23.9 Å². The first-order valence-corrected chi connectivity index (χ1v) is 6.67. The molecule has 1 heterocycles. The molecule has 0 spiro atoms. The molecule has 1 aromatic rings. The van der Waals surface area contributed by atoms with Crippen LogP contribution in [-0.2, 0) is 4.74 Å². The third kappa shape index (κ3) is 3.05. The van der Waals surface area contributed by atoms with Crippen molar-refractivity contribution in [2.75, 3.05) is 6.61 Å². The first-order chi connectivity index (χ1) is 8.99. The SMILES string of the molecule is CC1OCCC1Sc1ccc([N+](=O)[O-])c(C(=O)O)c1. The van der Waals surface area contributed by atoms with Crippen LogP contribution in [-0.4, -0.2) is 34.0 Å². The third-order valence-electron chi connectivity index (χ3n) is 2.99. The van der Waals surface area contributed by atoms with Gasteiger partial charge in [0.2, 0.25) is 0 Å². The van der Waals surface area contributed by atoms with Crippen LogP contribution in [0.1, 0.15) is 23.7 Å². The van der Waals surface area contributed by atoms with Gasteiger partial charge in [0.15, 0.2) is 0 Å². The monoisotopic (exact) mass is 283 g/mol. The van der Waals surface area contributed by atoms with Crippen LogP contribution in [0.5, 0.6) is 0 Å². The summed E-state index contributed by atoms with van der Waals surface area (Å²) in [5, 5.41) is 20.0. The van der Waals surface area contributed by atoms with Crippen LogP contribution in [0.4, 0.5) is 5.69 Å². The number of aromatic carboxylic acids is 1. The van der Waals surface area contributed by atoms with E-state index in [0.717, 1.165) is 6.42 Å². The van der Waals surface area contributed by atoms with E-state index in [-0.39, 0.29) is 22.6 Å². The Kier molecular flexibility index (Phi) is 4.06. The highest BCUT2D eigenvalue weighted by molar-refractivity contribution is 8.00. The summed E-state index contributed by atoms with van der Waals surface area (Å²) in [4.78, 5) is 21.8. The van der Waals surface area contributed by atoms with Crippen molar-refractivity contribution in [3.05, 3.63) is 33.9 Å². The maximum atomic E-state index is 11.0. The number of nitro groups is 1. The molecule has 1 aliphatic heterocycles. The smallest absolute Gasteiger partial charge is 0.342 e. The average Bonchev–Trinajstić information content (AvgIpc) is 2.74. The van der Waals surface area contributed by atoms with Crippen molar-refractivity contribution >= 4 is 23.4 Å². The highest BCUT2D eigenvalue weighted by Crippen LogP contribution is 2.34. The molecule has 2 rings (SSSR count). The molecule has 2 unspecified atom stereocenters. The molecular weight excluding hydrogens is 270 g/mol. The highest BCUT2D eigenvalue weighted by Gasteiger charge is 2.26. The van der Waals surface area contributed by atoms with E-state index in [1.807, 2.05) is 6.92 Å². The van der Waals surface area contributed by atoms with Gasteiger partial charge in [-0.2, -0.15) is 0 Å². The summed E-state index contributed by atoms with van der Waals surface area (Å²) in [5.41, 5.74) is -0.658. The maximum Gasteiger partial charge on any atom is 0.342 e. The summed E-state index contributed by atoms with van der Waals surface area (Å²) in [6, 6.07) is 4.18.